The molecule has 0 aliphatic heterocycles. The fraction of sp³-hybridized carbons (Fsp3) is 0.250. The van der Waals surface area contributed by atoms with Crippen LogP contribution in [0.5, 0.6) is 0 Å². The summed E-state index contributed by atoms with van der Waals surface area (Å²) >= 11 is 0. The van der Waals surface area contributed by atoms with Gasteiger partial charge in [0.1, 0.15) is 0 Å². The fourth-order valence-corrected chi connectivity index (χ4v) is 1.96. The Morgan fingerprint density at radius 2 is 1.89 bits per heavy atom. The number of carbonyl (C=O) groups is 1. The maximum atomic E-state index is 12.0. The zero-order chi connectivity index (χ0) is 13.7. The largest absolute Gasteiger partial charge is 0.271 e. The van der Waals surface area contributed by atoms with Gasteiger partial charge in [0, 0.05) is 11.3 Å². The minimum atomic E-state index is -0.166. The van der Waals surface area contributed by atoms with Crippen molar-refractivity contribution in [2.75, 3.05) is 0 Å². The van der Waals surface area contributed by atoms with Crippen LogP contribution in [0.15, 0.2) is 47.6 Å². The van der Waals surface area contributed by atoms with Crippen LogP contribution >= 0.6 is 0 Å². The Morgan fingerprint density at radius 3 is 2.63 bits per heavy atom. The third kappa shape index (κ3) is 3.41. The van der Waals surface area contributed by atoms with Gasteiger partial charge in [-0.1, -0.05) is 43.7 Å². The molecule has 0 saturated carbocycles. The van der Waals surface area contributed by atoms with E-state index in [4.69, 9.17) is 0 Å². The smallest absolute Gasteiger partial charge is 0.267 e. The van der Waals surface area contributed by atoms with E-state index >= 15 is 0 Å². The summed E-state index contributed by atoms with van der Waals surface area (Å²) in [5.74, 6) is -0.166. The van der Waals surface area contributed by atoms with Crippen molar-refractivity contribution in [3.05, 3.63) is 48.0 Å². The van der Waals surface area contributed by atoms with Crippen LogP contribution in [-0.2, 0) is 0 Å². The number of rotatable bonds is 4. The molecule has 0 bridgehead atoms. The molecule has 0 aromatic heterocycles. The van der Waals surface area contributed by atoms with Crippen LogP contribution in [0.1, 0.15) is 37.0 Å². The molecule has 0 heterocycles. The zero-order valence-electron chi connectivity index (χ0n) is 11.3. The van der Waals surface area contributed by atoms with Gasteiger partial charge in [0.05, 0.1) is 0 Å². The fourth-order valence-electron chi connectivity index (χ4n) is 1.96. The van der Waals surface area contributed by atoms with Gasteiger partial charge in [0.25, 0.3) is 5.91 Å². The minimum Gasteiger partial charge on any atom is -0.267 e. The van der Waals surface area contributed by atoms with E-state index in [9.17, 15) is 4.79 Å². The second-order valence-electron chi connectivity index (χ2n) is 4.60. The molecular formula is C16H18N2O. The molecule has 3 nitrogen and oxygen atoms in total. The number of carbonyl (C=O) groups excluding carboxylic acids is 1. The number of amides is 1. The van der Waals surface area contributed by atoms with Crippen LogP contribution in [0, 0.1) is 0 Å². The Balaban J connectivity index is 2.15. The van der Waals surface area contributed by atoms with Crippen molar-refractivity contribution < 1.29 is 4.79 Å². The van der Waals surface area contributed by atoms with Crippen molar-refractivity contribution in [2.24, 2.45) is 5.10 Å². The summed E-state index contributed by atoms with van der Waals surface area (Å²) in [5.41, 5.74) is 4.17. The lowest BCUT2D eigenvalue weighted by atomic mass is 10.1. The third-order valence-electron chi connectivity index (χ3n) is 2.97. The van der Waals surface area contributed by atoms with Gasteiger partial charge in [-0.05, 0) is 36.2 Å². The van der Waals surface area contributed by atoms with E-state index in [1.54, 1.807) is 0 Å². The van der Waals surface area contributed by atoms with E-state index in [1.165, 1.54) is 0 Å². The molecule has 0 spiro atoms. The summed E-state index contributed by atoms with van der Waals surface area (Å²) in [6, 6.07) is 13.6. The van der Waals surface area contributed by atoms with E-state index in [0.29, 0.717) is 5.56 Å². The van der Waals surface area contributed by atoms with Crippen molar-refractivity contribution in [3.8, 4) is 0 Å². The average Bonchev–Trinajstić information content (AvgIpc) is 2.44. The molecule has 2 rings (SSSR count). The van der Waals surface area contributed by atoms with Gasteiger partial charge >= 0.3 is 0 Å². The lowest BCUT2D eigenvalue weighted by Gasteiger charge is -2.03. The van der Waals surface area contributed by atoms with E-state index in [2.05, 4.69) is 17.5 Å². The average molecular weight is 254 g/mol. The first-order valence-corrected chi connectivity index (χ1v) is 6.53. The SMILES string of the molecule is CCC/C(C)=N\NC(=O)c1ccc2ccccc2c1. The number of benzene rings is 2. The molecule has 0 radical (unpaired) electrons. The van der Waals surface area contributed by atoms with Crippen LogP contribution in [-0.4, -0.2) is 11.6 Å². The molecule has 98 valence electrons. The normalized spacial score (nSPS) is 11.6. The molecular weight excluding hydrogens is 236 g/mol. The van der Waals surface area contributed by atoms with Gasteiger partial charge in [-0.25, -0.2) is 5.43 Å². The summed E-state index contributed by atoms with van der Waals surface area (Å²) in [6.07, 6.45) is 1.93. The molecule has 0 saturated heterocycles. The number of hydrazone groups is 1. The number of fused-ring (bicyclic) bond motifs is 1. The van der Waals surface area contributed by atoms with E-state index in [1.807, 2.05) is 49.4 Å². The highest BCUT2D eigenvalue weighted by Gasteiger charge is 2.05. The van der Waals surface area contributed by atoms with Crippen LogP contribution in [0.2, 0.25) is 0 Å². The highest BCUT2D eigenvalue weighted by atomic mass is 16.2. The van der Waals surface area contributed by atoms with E-state index in [0.717, 1.165) is 29.3 Å². The summed E-state index contributed by atoms with van der Waals surface area (Å²) < 4.78 is 0. The molecule has 0 atom stereocenters. The van der Waals surface area contributed by atoms with Gasteiger partial charge in [-0.3, -0.25) is 4.79 Å². The first kappa shape index (κ1) is 13.3. The highest BCUT2D eigenvalue weighted by Crippen LogP contribution is 2.15. The van der Waals surface area contributed by atoms with Crippen molar-refractivity contribution in [1.29, 1.82) is 0 Å². The number of hydrogen-bond acceptors (Lipinski definition) is 2. The van der Waals surface area contributed by atoms with Gasteiger partial charge in [0.2, 0.25) is 0 Å². The molecule has 1 amide bonds. The molecule has 2 aromatic rings. The number of nitrogens with one attached hydrogen (secondary N) is 1. The van der Waals surface area contributed by atoms with Crippen LogP contribution in [0.4, 0.5) is 0 Å². The zero-order valence-corrected chi connectivity index (χ0v) is 11.3. The Bertz CT molecular complexity index is 617. The van der Waals surface area contributed by atoms with Gasteiger partial charge in [-0.2, -0.15) is 5.10 Å². The molecule has 2 aromatic carbocycles. The number of hydrogen-bond donors (Lipinski definition) is 1. The summed E-state index contributed by atoms with van der Waals surface area (Å²) in [4.78, 5) is 12.0. The summed E-state index contributed by atoms with van der Waals surface area (Å²) in [7, 11) is 0. The Morgan fingerprint density at radius 1 is 1.16 bits per heavy atom. The topological polar surface area (TPSA) is 41.5 Å². The molecule has 0 unspecified atom stereocenters. The van der Waals surface area contributed by atoms with Gasteiger partial charge in [-0.15, -0.1) is 0 Å². The molecule has 1 N–H and O–H groups in total. The highest BCUT2D eigenvalue weighted by molar-refractivity contribution is 5.99. The van der Waals surface area contributed by atoms with Crippen molar-refractivity contribution in [1.82, 2.24) is 5.43 Å². The first-order valence-electron chi connectivity index (χ1n) is 6.53. The lowest BCUT2D eigenvalue weighted by Crippen LogP contribution is -2.18. The summed E-state index contributed by atoms with van der Waals surface area (Å²) in [5, 5.41) is 6.28. The second-order valence-corrected chi connectivity index (χ2v) is 4.60. The predicted octanol–water partition coefficient (Wildman–Crippen LogP) is 3.75. The molecule has 0 aliphatic carbocycles. The van der Waals surface area contributed by atoms with Crippen molar-refractivity contribution >= 4 is 22.4 Å². The summed E-state index contributed by atoms with van der Waals surface area (Å²) in [6.45, 7) is 4.01. The lowest BCUT2D eigenvalue weighted by molar-refractivity contribution is 0.0955. The van der Waals surface area contributed by atoms with Gasteiger partial charge in [0.15, 0.2) is 0 Å². The molecule has 0 aliphatic rings. The molecule has 3 heteroatoms. The standard InChI is InChI=1S/C16H18N2O/c1-3-6-12(2)17-18-16(19)15-10-9-13-7-4-5-8-14(13)11-15/h4-5,7-11H,3,6H2,1-2H3,(H,18,19)/b17-12-. The molecule has 0 fully saturated rings. The maximum Gasteiger partial charge on any atom is 0.271 e. The minimum absolute atomic E-state index is 0.166. The van der Waals surface area contributed by atoms with Gasteiger partial charge < -0.3 is 0 Å². The Hall–Kier alpha value is -2.16. The predicted molar refractivity (Wildman–Crippen MR) is 79.4 cm³/mol. The second kappa shape index (κ2) is 6.14. The monoisotopic (exact) mass is 254 g/mol. The third-order valence-corrected chi connectivity index (χ3v) is 2.97. The molecule has 19 heavy (non-hydrogen) atoms. The first-order chi connectivity index (χ1) is 9.20. The van der Waals surface area contributed by atoms with Crippen molar-refractivity contribution in [2.45, 2.75) is 26.7 Å². The van der Waals surface area contributed by atoms with Crippen LogP contribution < -0.4 is 5.43 Å². The van der Waals surface area contributed by atoms with Crippen molar-refractivity contribution in [3.63, 3.8) is 0 Å². The maximum absolute atomic E-state index is 12.0. The van der Waals surface area contributed by atoms with E-state index < -0.39 is 0 Å². The van der Waals surface area contributed by atoms with Crippen LogP contribution in [0.25, 0.3) is 10.8 Å². The van der Waals surface area contributed by atoms with E-state index in [-0.39, 0.29) is 5.91 Å². The Labute approximate surface area is 113 Å². The quantitative estimate of drug-likeness (QED) is 0.655. The number of nitrogens with zero attached hydrogens (tertiary/aromatic N) is 1. The van der Waals surface area contributed by atoms with Crippen LogP contribution in [0.3, 0.4) is 0 Å². The Kier molecular flexibility index (Phi) is 4.29.